The second-order valence-electron chi connectivity index (χ2n) is 6.26. The van der Waals surface area contributed by atoms with E-state index < -0.39 is 10.0 Å². The van der Waals surface area contributed by atoms with Crippen LogP contribution in [-0.2, 0) is 14.8 Å². The first-order valence-corrected chi connectivity index (χ1v) is 10.3. The van der Waals surface area contributed by atoms with Crippen molar-refractivity contribution >= 4 is 32.5 Å². The van der Waals surface area contributed by atoms with E-state index in [2.05, 4.69) is 14.6 Å². The van der Waals surface area contributed by atoms with Gasteiger partial charge in [-0.2, -0.15) is 0 Å². The molecule has 9 heteroatoms. The molecule has 0 aliphatic carbocycles. The summed E-state index contributed by atoms with van der Waals surface area (Å²) in [6.45, 7) is 5.96. The van der Waals surface area contributed by atoms with E-state index in [1.54, 1.807) is 19.1 Å². The molecule has 27 heavy (non-hydrogen) atoms. The number of aromatic nitrogens is 1. The van der Waals surface area contributed by atoms with Crippen LogP contribution in [0.1, 0.15) is 19.5 Å². The molecule has 2 aromatic rings. The number of morpholine rings is 1. The Balaban J connectivity index is 0.00000261. The third-order valence-corrected chi connectivity index (χ3v) is 6.13. The van der Waals surface area contributed by atoms with Gasteiger partial charge in [-0.1, -0.05) is 19.0 Å². The molecule has 1 aromatic carbocycles. The number of aromatic hydroxyl groups is 1. The van der Waals surface area contributed by atoms with Crippen molar-refractivity contribution in [3.63, 3.8) is 0 Å². The number of nitrogens with zero attached hydrogens (tertiary/aromatic N) is 2. The number of ether oxygens (including phenoxy) is 1. The Hall–Kier alpha value is -1.45. The van der Waals surface area contributed by atoms with E-state index in [0.29, 0.717) is 30.7 Å². The van der Waals surface area contributed by atoms with Crippen LogP contribution in [0, 0.1) is 6.92 Å². The lowest BCUT2D eigenvalue weighted by Crippen LogP contribution is -2.38. The number of phenols is 1. The summed E-state index contributed by atoms with van der Waals surface area (Å²) in [6, 6.07) is 4.73. The molecule has 0 spiro atoms. The second-order valence-corrected chi connectivity index (χ2v) is 8.40. The van der Waals surface area contributed by atoms with Gasteiger partial charge in [0.25, 0.3) is 0 Å². The van der Waals surface area contributed by atoms with E-state index in [0.717, 1.165) is 19.6 Å². The normalized spacial score (nSPS) is 15.6. The Morgan fingerprint density at radius 2 is 2.04 bits per heavy atom. The summed E-state index contributed by atoms with van der Waals surface area (Å²) >= 11 is 6.19. The fourth-order valence-corrected chi connectivity index (χ4v) is 4.44. The summed E-state index contributed by atoms with van der Waals surface area (Å²) in [6.07, 6.45) is 0.665. The lowest BCUT2D eigenvalue weighted by Gasteiger charge is -2.26. The first kappa shape index (κ1) is 21.8. The highest BCUT2D eigenvalue weighted by atomic mass is 35.5. The number of halogens is 1. The van der Waals surface area contributed by atoms with E-state index in [9.17, 15) is 13.5 Å². The zero-order valence-corrected chi connectivity index (χ0v) is 16.1. The molecule has 0 radical (unpaired) electrons. The van der Waals surface area contributed by atoms with E-state index in [-0.39, 0.29) is 35.2 Å². The number of nitrogens with one attached hydrogen (secondary N) is 1. The number of phenolic OH excluding ortho intramolecular Hbond substituents is 1. The van der Waals surface area contributed by atoms with Crippen molar-refractivity contribution in [3.8, 4) is 5.75 Å². The predicted octanol–water partition coefficient (Wildman–Crippen LogP) is 2.54. The van der Waals surface area contributed by atoms with Crippen LogP contribution >= 0.6 is 11.6 Å². The number of hydrogen-bond donors (Lipinski definition) is 2. The van der Waals surface area contributed by atoms with Crippen LogP contribution in [0.15, 0.2) is 23.1 Å². The van der Waals surface area contributed by atoms with Gasteiger partial charge in [-0.25, -0.2) is 18.1 Å². The van der Waals surface area contributed by atoms with Gasteiger partial charge in [0.05, 0.1) is 18.2 Å². The Morgan fingerprint density at radius 3 is 2.74 bits per heavy atom. The maximum absolute atomic E-state index is 12.6. The molecular weight excluding hydrogens is 390 g/mol. The number of sulfonamides is 1. The van der Waals surface area contributed by atoms with Gasteiger partial charge in [0.15, 0.2) is 5.75 Å². The zero-order chi connectivity index (χ0) is 18.7. The van der Waals surface area contributed by atoms with Gasteiger partial charge in [0.2, 0.25) is 10.0 Å². The van der Waals surface area contributed by atoms with Crippen molar-refractivity contribution in [1.29, 1.82) is 0 Å². The molecule has 1 aliphatic rings. The first-order valence-electron chi connectivity index (χ1n) is 8.47. The molecule has 1 saturated heterocycles. The number of pyridine rings is 1. The molecule has 150 valence electrons. The fraction of sp³-hybridized carbons (Fsp3) is 0.500. The van der Waals surface area contributed by atoms with Crippen molar-refractivity contribution in [3.05, 3.63) is 28.9 Å². The molecule has 0 amide bonds. The van der Waals surface area contributed by atoms with Crippen molar-refractivity contribution in [2.24, 2.45) is 0 Å². The third kappa shape index (κ3) is 5.08. The largest absolute Gasteiger partial charge is 0.504 e. The Morgan fingerprint density at radius 1 is 1.33 bits per heavy atom. The fourth-order valence-electron chi connectivity index (χ4n) is 2.92. The molecule has 7 nitrogen and oxygen atoms in total. The zero-order valence-electron chi connectivity index (χ0n) is 14.5. The van der Waals surface area contributed by atoms with Gasteiger partial charge in [-0.3, -0.25) is 4.90 Å². The highest BCUT2D eigenvalue weighted by molar-refractivity contribution is 7.89. The van der Waals surface area contributed by atoms with Crippen LogP contribution in [0.3, 0.4) is 0 Å². The minimum Gasteiger partial charge on any atom is -0.504 e. The molecule has 3 rings (SSSR count). The lowest BCUT2D eigenvalue weighted by atomic mass is 10.2. The minimum absolute atomic E-state index is 0. The van der Waals surface area contributed by atoms with Gasteiger partial charge in [0, 0.05) is 30.7 Å². The van der Waals surface area contributed by atoms with Crippen LogP contribution in [0.4, 0.5) is 0 Å². The van der Waals surface area contributed by atoms with Crippen molar-refractivity contribution in [1.82, 2.24) is 14.6 Å². The van der Waals surface area contributed by atoms with Crippen LogP contribution in [-0.4, -0.2) is 62.8 Å². The third-order valence-electron chi connectivity index (χ3n) is 4.34. The molecule has 0 saturated carbocycles. The number of hydrogen-bond acceptors (Lipinski definition) is 6. The highest BCUT2D eigenvalue weighted by Crippen LogP contribution is 2.35. The van der Waals surface area contributed by atoms with Gasteiger partial charge >= 0.3 is 0 Å². The summed E-state index contributed by atoms with van der Waals surface area (Å²) in [5.74, 6) is -0.381. The average molecular weight is 416 g/mol. The Kier molecular flexibility index (Phi) is 7.41. The van der Waals surface area contributed by atoms with E-state index >= 15 is 0 Å². The molecule has 2 heterocycles. The van der Waals surface area contributed by atoms with Gasteiger partial charge in [-0.15, -0.1) is 0 Å². The molecule has 0 bridgehead atoms. The minimum atomic E-state index is -3.89. The van der Waals surface area contributed by atoms with Crippen LogP contribution in [0.5, 0.6) is 5.75 Å². The summed E-state index contributed by atoms with van der Waals surface area (Å²) in [5.41, 5.74) is 0.850. The second kappa shape index (κ2) is 9.16. The van der Waals surface area contributed by atoms with Crippen molar-refractivity contribution < 1.29 is 18.3 Å². The molecule has 0 atom stereocenters. The SMILES string of the molecule is C.Cc1ccc2c(Cl)cc(S(=O)(=O)NCCCN3CCOCC3)c(O)c2n1. The summed E-state index contributed by atoms with van der Waals surface area (Å²) in [7, 11) is -3.89. The lowest BCUT2D eigenvalue weighted by molar-refractivity contribution is 0.0376. The molecule has 2 N–H and O–H groups in total. The smallest absolute Gasteiger partial charge is 0.244 e. The number of rotatable bonds is 6. The molecule has 1 fully saturated rings. The molecule has 0 unspecified atom stereocenters. The Labute approximate surface area is 165 Å². The molecular formula is C18H26ClN3O4S. The predicted molar refractivity (Wildman–Crippen MR) is 107 cm³/mol. The standard InChI is InChI=1S/C17H22ClN3O4S.CH4/c1-12-3-4-13-14(18)11-15(17(22)16(13)20-12)26(23,24)19-5-2-6-21-7-9-25-10-8-21;/h3-4,11,19,22H,2,5-10H2,1H3;1H4. The topological polar surface area (TPSA) is 91.8 Å². The number of fused-ring (bicyclic) bond motifs is 1. The van der Waals surface area contributed by atoms with Crippen LogP contribution in [0.2, 0.25) is 5.02 Å². The van der Waals surface area contributed by atoms with Crippen molar-refractivity contribution in [2.75, 3.05) is 39.4 Å². The summed E-state index contributed by atoms with van der Waals surface area (Å²) < 4.78 is 33.0. The van der Waals surface area contributed by atoms with Crippen LogP contribution < -0.4 is 4.72 Å². The molecule has 1 aliphatic heterocycles. The Bertz CT molecular complexity index is 899. The number of aryl methyl sites for hydroxylation is 1. The summed E-state index contributed by atoms with van der Waals surface area (Å²) in [5, 5.41) is 11.2. The van der Waals surface area contributed by atoms with E-state index in [4.69, 9.17) is 16.3 Å². The maximum Gasteiger partial charge on any atom is 0.244 e. The number of benzene rings is 1. The van der Waals surface area contributed by atoms with Gasteiger partial charge in [0.1, 0.15) is 10.4 Å². The first-order chi connectivity index (χ1) is 12.4. The van der Waals surface area contributed by atoms with Gasteiger partial charge in [-0.05, 0) is 38.1 Å². The monoisotopic (exact) mass is 415 g/mol. The summed E-state index contributed by atoms with van der Waals surface area (Å²) in [4.78, 5) is 6.20. The quantitative estimate of drug-likeness (QED) is 0.704. The molecule has 1 aromatic heterocycles. The highest BCUT2D eigenvalue weighted by Gasteiger charge is 2.23. The van der Waals surface area contributed by atoms with Crippen molar-refractivity contribution in [2.45, 2.75) is 25.7 Å². The van der Waals surface area contributed by atoms with Gasteiger partial charge < -0.3 is 9.84 Å². The van der Waals surface area contributed by atoms with E-state index in [1.807, 2.05) is 0 Å². The maximum atomic E-state index is 12.6. The van der Waals surface area contributed by atoms with E-state index in [1.165, 1.54) is 6.07 Å². The average Bonchev–Trinajstić information content (AvgIpc) is 2.62. The van der Waals surface area contributed by atoms with Crippen LogP contribution in [0.25, 0.3) is 10.9 Å².